The van der Waals surface area contributed by atoms with E-state index in [1.165, 1.54) is 7.11 Å². The van der Waals surface area contributed by atoms with Crippen LogP contribution < -0.4 is 4.90 Å². The number of anilines is 1. The lowest BCUT2D eigenvalue weighted by molar-refractivity contribution is -0.158. The fourth-order valence-electron chi connectivity index (χ4n) is 1.53. The topological polar surface area (TPSA) is 12.5 Å². The van der Waals surface area contributed by atoms with Crippen molar-refractivity contribution < 1.29 is 17.9 Å². The Hall–Kier alpha value is -1.23. The molecule has 96 valence electrons. The molecule has 1 unspecified atom stereocenters. The van der Waals surface area contributed by atoms with Gasteiger partial charge in [0, 0.05) is 26.9 Å². The summed E-state index contributed by atoms with van der Waals surface area (Å²) in [6.07, 6.45) is -6.13. The number of halogens is 3. The highest BCUT2D eigenvalue weighted by molar-refractivity contribution is 5.46. The second-order valence-corrected chi connectivity index (χ2v) is 4.03. The van der Waals surface area contributed by atoms with Crippen molar-refractivity contribution in [3.05, 3.63) is 29.8 Å². The van der Waals surface area contributed by atoms with Crippen LogP contribution in [0.1, 0.15) is 18.1 Å². The molecule has 0 saturated heterocycles. The first kappa shape index (κ1) is 13.8. The Morgan fingerprint density at radius 2 is 1.71 bits per heavy atom. The van der Waals surface area contributed by atoms with Gasteiger partial charge in [-0.1, -0.05) is 12.1 Å². The number of methoxy groups -OCH3 is 1. The fourth-order valence-corrected chi connectivity index (χ4v) is 1.53. The maximum Gasteiger partial charge on any atom is 0.391 e. The van der Waals surface area contributed by atoms with Crippen molar-refractivity contribution in [1.82, 2.24) is 0 Å². The van der Waals surface area contributed by atoms with Gasteiger partial charge in [0.1, 0.15) is 0 Å². The zero-order chi connectivity index (χ0) is 13.1. The van der Waals surface area contributed by atoms with E-state index in [0.29, 0.717) is 5.56 Å². The van der Waals surface area contributed by atoms with Crippen LogP contribution in [-0.4, -0.2) is 27.4 Å². The van der Waals surface area contributed by atoms with E-state index in [2.05, 4.69) is 0 Å². The van der Waals surface area contributed by atoms with Crippen LogP contribution in [0.25, 0.3) is 0 Å². The van der Waals surface area contributed by atoms with Gasteiger partial charge in [0.25, 0.3) is 0 Å². The Morgan fingerprint density at radius 1 is 1.18 bits per heavy atom. The molecule has 0 aliphatic heterocycles. The molecule has 5 heteroatoms. The van der Waals surface area contributed by atoms with Gasteiger partial charge in [0.2, 0.25) is 0 Å². The van der Waals surface area contributed by atoms with E-state index < -0.39 is 18.7 Å². The number of ether oxygens (including phenoxy) is 1. The number of hydrogen-bond donors (Lipinski definition) is 0. The number of alkyl halides is 3. The molecule has 0 aromatic heterocycles. The molecule has 0 fully saturated rings. The summed E-state index contributed by atoms with van der Waals surface area (Å²) >= 11 is 0. The fraction of sp³-hybridized carbons (Fsp3) is 0.500. The first-order valence-corrected chi connectivity index (χ1v) is 5.20. The van der Waals surface area contributed by atoms with E-state index in [9.17, 15) is 13.2 Å². The lowest BCUT2D eigenvalue weighted by atomic mass is 10.1. The first-order valence-electron chi connectivity index (χ1n) is 5.20. The maximum absolute atomic E-state index is 12.3. The minimum atomic E-state index is -4.22. The van der Waals surface area contributed by atoms with E-state index in [1.54, 1.807) is 24.3 Å². The van der Waals surface area contributed by atoms with Crippen LogP contribution >= 0.6 is 0 Å². The third-order valence-corrected chi connectivity index (χ3v) is 2.48. The summed E-state index contributed by atoms with van der Waals surface area (Å²) in [6.45, 7) is 0. The highest BCUT2D eigenvalue weighted by Crippen LogP contribution is 2.32. The molecule has 1 atom stereocenters. The third-order valence-electron chi connectivity index (χ3n) is 2.48. The molecule has 0 saturated carbocycles. The molecule has 0 bridgehead atoms. The summed E-state index contributed by atoms with van der Waals surface area (Å²) < 4.78 is 41.8. The zero-order valence-electron chi connectivity index (χ0n) is 10.1. The minimum absolute atomic E-state index is 0.537. The van der Waals surface area contributed by atoms with E-state index in [0.717, 1.165) is 5.69 Å². The molecule has 0 N–H and O–H groups in total. The van der Waals surface area contributed by atoms with Crippen molar-refractivity contribution in [2.75, 3.05) is 26.1 Å². The average Bonchev–Trinajstić information content (AvgIpc) is 2.25. The van der Waals surface area contributed by atoms with E-state index in [4.69, 9.17) is 4.74 Å². The van der Waals surface area contributed by atoms with Crippen molar-refractivity contribution >= 4 is 5.69 Å². The zero-order valence-corrected chi connectivity index (χ0v) is 10.1. The SMILES string of the molecule is COC(CC(F)(F)F)c1ccc(N(C)C)cc1. The summed E-state index contributed by atoms with van der Waals surface area (Å²) in [5.41, 5.74) is 1.48. The molecule has 2 nitrogen and oxygen atoms in total. The summed E-state index contributed by atoms with van der Waals surface area (Å²) in [4.78, 5) is 1.88. The predicted molar refractivity (Wildman–Crippen MR) is 61.2 cm³/mol. The molecule has 0 heterocycles. The van der Waals surface area contributed by atoms with Crippen LogP contribution in [-0.2, 0) is 4.74 Å². The van der Waals surface area contributed by atoms with Gasteiger partial charge in [0.15, 0.2) is 0 Å². The average molecular weight is 247 g/mol. The predicted octanol–water partition coefficient (Wildman–Crippen LogP) is 3.39. The minimum Gasteiger partial charge on any atom is -0.378 e. The Balaban J connectivity index is 2.82. The molecule has 1 rings (SSSR count). The molecular formula is C12H16F3NO. The lowest BCUT2D eigenvalue weighted by Gasteiger charge is -2.19. The number of hydrogen-bond acceptors (Lipinski definition) is 2. The third kappa shape index (κ3) is 4.26. The van der Waals surface area contributed by atoms with Crippen molar-refractivity contribution in [2.24, 2.45) is 0 Å². The van der Waals surface area contributed by atoms with Gasteiger partial charge in [-0.05, 0) is 17.7 Å². The van der Waals surface area contributed by atoms with Gasteiger partial charge in [0.05, 0.1) is 12.5 Å². The van der Waals surface area contributed by atoms with Crippen LogP contribution in [0.5, 0.6) is 0 Å². The normalized spacial score (nSPS) is 13.5. The first-order chi connectivity index (χ1) is 7.83. The van der Waals surface area contributed by atoms with Crippen molar-refractivity contribution in [1.29, 1.82) is 0 Å². The Morgan fingerprint density at radius 3 is 2.06 bits per heavy atom. The van der Waals surface area contributed by atoms with E-state index in [1.807, 2.05) is 19.0 Å². The lowest BCUT2D eigenvalue weighted by Crippen LogP contribution is -2.15. The quantitative estimate of drug-likeness (QED) is 0.808. The van der Waals surface area contributed by atoms with Gasteiger partial charge in [-0.2, -0.15) is 13.2 Å². The highest BCUT2D eigenvalue weighted by atomic mass is 19.4. The van der Waals surface area contributed by atoms with Crippen LogP contribution in [0.4, 0.5) is 18.9 Å². The summed E-state index contributed by atoms with van der Waals surface area (Å²) in [5, 5.41) is 0. The highest BCUT2D eigenvalue weighted by Gasteiger charge is 2.32. The standard InChI is InChI=1S/C12H16F3NO/c1-16(2)10-6-4-9(5-7-10)11(17-3)8-12(13,14)15/h4-7,11H,8H2,1-3H3. The summed E-state index contributed by atoms with van der Waals surface area (Å²) in [7, 11) is 5.04. The Bertz CT molecular complexity index is 346. The van der Waals surface area contributed by atoms with Crippen molar-refractivity contribution in [3.8, 4) is 0 Å². The Kier molecular flexibility index (Phi) is 4.40. The molecule has 0 aliphatic rings. The van der Waals surface area contributed by atoms with Crippen LogP contribution in [0.3, 0.4) is 0 Å². The largest absolute Gasteiger partial charge is 0.391 e. The van der Waals surface area contributed by atoms with Gasteiger partial charge in [-0.25, -0.2) is 0 Å². The van der Waals surface area contributed by atoms with E-state index in [-0.39, 0.29) is 0 Å². The van der Waals surface area contributed by atoms with Gasteiger partial charge < -0.3 is 9.64 Å². The second kappa shape index (κ2) is 5.40. The molecule has 17 heavy (non-hydrogen) atoms. The summed E-state index contributed by atoms with van der Waals surface area (Å²) in [6, 6.07) is 6.87. The van der Waals surface area contributed by atoms with Crippen LogP contribution in [0, 0.1) is 0 Å². The van der Waals surface area contributed by atoms with Gasteiger partial charge >= 0.3 is 6.18 Å². The molecule has 1 aromatic carbocycles. The molecule has 0 amide bonds. The van der Waals surface area contributed by atoms with Crippen molar-refractivity contribution in [2.45, 2.75) is 18.7 Å². The monoisotopic (exact) mass is 247 g/mol. The molecular weight excluding hydrogens is 231 g/mol. The maximum atomic E-state index is 12.3. The molecule has 0 spiro atoms. The van der Waals surface area contributed by atoms with E-state index >= 15 is 0 Å². The molecule has 0 aliphatic carbocycles. The van der Waals surface area contributed by atoms with Gasteiger partial charge in [-0.3, -0.25) is 0 Å². The van der Waals surface area contributed by atoms with Gasteiger partial charge in [-0.15, -0.1) is 0 Å². The number of rotatable bonds is 4. The second-order valence-electron chi connectivity index (χ2n) is 4.03. The Labute approximate surface area is 99.0 Å². The number of benzene rings is 1. The van der Waals surface area contributed by atoms with Crippen LogP contribution in [0.2, 0.25) is 0 Å². The summed E-state index contributed by atoms with van der Waals surface area (Å²) in [5.74, 6) is 0. The number of nitrogens with zero attached hydrogens (tertiary/aromatic N) is 1. The smallest absolute Gasteiger partial charge is 0.378 e. The molecule has 0 radical (unpaired) electrons. The molecule has 1 aromatic rings. The van der Waals surface area contributed by atoms with Crippen molar-refractivity contribution in [3.63, 3.8) is 0 Å². The van der Waals surface area contributed by atoms with Crippen LogP contribution in [0.15, 0.2) is 24.3 Å².